The molecule has 0 aromatic carbocycles. The zero-order valence-electron chi connectivity index (χ0n) is 7.33. The van der Waals surface area contributed by atoms with Crippen LogP contribution < -0.4 is 0 Å². The lowest BCUT2D eigenvalue weighted by Gasteiger charge is -1.99. The Morgan fingerprint density at radius 2 is 1.64 bits per heavy atom. The topological polar surface area (TPSA) is 36.2 Å². The van der Waals surface area contributed by atoms with Gasteiger partial charge >= 0.3 is 0 Å². The van der Waals surface area contributed by atoms with Gasteiger partial charge < -0.3 is 5.41 Å². The summed E-state index contributed by atoms with van der Waals surface area (Å²) in [7, 11) is 0. The Morgan fingerprint density at radius 3 is 1.91 bits per heavy atom. The predicted molar refractivity (Wildman–Crippen MR) is 46.0 cm³/mol. The second-order valence-corrected chi connectivity index (χ2v) is 2.44. The molecule has 0 aromatic heterocycles. The van der Waals surface area contributed by atoms with Crippen LogP contribution in [0.2, 0.25) is 0 Å². The SMILES string of the molecule is CC(=N)/C(C)=C(C)\N=C(/C)F. The Morgan fingerprint density at radius 1 is 1.18 bits per heavy atom. The van der Waals surface area contributed by atoms with Gasteiger partial charge in [-0.2, -0.15) is 4.39 Å². The highest BCUT2D eigenvalue weighted by atomic mass is 19.1. The molecule has 1 N–H and O–H groups in total. The smallest absolute Gasteiger partial charge is 0.186 e. The fraction of sp³-hybridized carbons (Fsp3) is 0.500. The number of halogens is 1. The predicted octanol–water partition coefficient (Wildman–Crippen LogP) is 2.71. The fourth-order valence-electron chi connectivity index (χ4n) is 0.586. The van der Waals surface area contributed by atoms with Crippen molar-refractivity contribution in [2.24, 2.45) is 4.99 Å². The standard InChI is InChI=1S/C8H13FN2/c1-5(6(2)10)7(3)11-8(4)9/h10H,1-4H3/b7-5-,10-6?,11-8+. The van der Waals surface area contributed by atoms with E-state index in [1.807, 2.05) is 0 Å². The van der Waals surface area contributed by atoms with Gasteiger partial charge in [0.1, 0.15) is 0 Å². The van der Waals surface area contributed by atoms with Crippen LogP contribution in [0.1, 0.15) is 27.7 Å². The molecular formula is C8H13FN2. The van der Waals surface area contributed by atoms with E-state index in [4.69, 9.17) is 5.41 Å². The van der Waals surface area contributed by atoms with E-state index in [0.29, 0.717) is 11.4 Å². The van der Waals surface area contributed by atoms with Gasteiger partial charge in [-0.25, -0.2) is 4.99 Å². The first kappa shape index (κ1) is 10.0. The monoisotopic (exact) mass is 156 g/mol. The Balaban J connectivity index is 4.68. The highest BCUT2D eigenvalue weighted by Crippen LogP contribution is 2.06. The van der Waals surface area contributed by atoms with Gasteiger partial charge in [-0.05, 0) is 26.3 Å². The van der Waals surface area contributed by atoms with Crippen LogP contribution in [-0.4, -0.2) is 11.7 Å². The first-order chi connectivity index (χ1) is 4.95. The molecule has 0 fully saturated rings. The third-order valence-corrected chi connectivity index (χ3v) is 1.43. The third kappa shape index (κ3) is 3.65. The van der Waals surface area contributed by atoms with E-state index in [9.17, 15) is 4.39 Å². The van der Waals surface area contributed by atoms with Crippen molar-refractivity contribution in [2.45, 2.75) is 27.7 Å². The van der Waals surface area contributed by atoms with E-state index in [0.717, 1.165) is 5.57 Å². The molecule has 0 radical (unpaired) electrons. The zero-order valence-corrected chi connectivity index (χ0v) is 7.33. The molecule has 0 saturated heterocycles. The molecular weight excluding hydrogens is 143 g/mol. The van der Waals surface area contributed by atoms with Crippen LogP contribution in [0.3, 0.4) is 0 Å². The van der Waals surface area contributed by atoms with E-state index in [1.54, 1.807) is 20.8 Å². The summed E-state index contributed by atoms with van der Waals surface area (Å²) in [5.74, 6) is -0.469. The quantitative estimate of drug-likeness (QED) is 0.597. The number of aliphatic imine (C=N–C) groups is 1. The summed E-state index contributed by atoms with van der Waals surface area (Å²) >= 11 is 0. The zero-order chi connectivity index (χ0) is 9.02. The van der Waals surface area contributed by atoms with E-state index in [1.165, 1.54) is 6.92 Å². The highest BCUT2D eigenvalue weighted by Gasteiger charge is 1.97. The van der Waals surface area contributed by atoms with Crippen LogP contribution in [0, 0.1) is 5.41 Å². The van der Waals surface area contributed by atoms with Gasteiger partial charge in [-0.15, -0.1) is 0 Å². The van der Waals surface area contributed by atoms with Gasteiger partial charge in [0.05, 0.1) is 0 Å². The van der Waals surface area contributed by atoms with Crippen LogP contribution in [0.25, 0.3) is 0 Å². The summed E-state index contributed by atoms with van der Waals surface area (Å²) in [6, 6.07) is 0. The van der Waals surface area contributed by atoms with Crippen molar-refractivity contribution in [3.8, 4) is 0 Å². The average Bonchev–Trinajstić information content (AvgIpc) is 1.84. The normalized spacial score (nSPS) is 14.5. The van der Waals surface area contributed by atoms with E-state index < -0.39 is 5.97 Å². The van der Waals surface area contributed by atoms with Crippen LogP contribution in [0.15, 0.2) is 16.3 Å². The van der Waals surface area contributed by atoms with Crippen molar-refractivity contribution in [3.05, 3.63) is 11.3 Å². The van der Waals surface area contributed by atoms with E-state index in [-0.39, 0.29) is 0 Å². The summed E-state index contributed by atoms with van der Waals surface area (Å²) in [6.45, 7) is 6.39. The van der Waals surface area contributed by atoms with E-state index in [2.05, 4.69) is 4.99 Å². The summed E-state index contributed by atoms with van der Waals surface area (Å²) in [6.07, 6.45) is 0. The molecule has 0 aliphatic rings. The fourth-order valence-corrected chi connectivity index (χ4v) is 0.586. The molecule has 0 rings (SSSR count). The molecule has 62 valence electrons. The number of nitrogens with zero attached hydrogens (tertiary/aromatic N) is 1. The summed E-state index contributed by atoms with van der Waals surface area (Å²) in [5.41, 5.74) is 1.71. The van der Waals surface area contributed by atoms with Crippen LogP contribution in [0.5, 0.6) is 0 Å². The van der Waals surface area contributed by atoms with Gasteiger partial charge in [0, 0.05) is 18.3 Å². The van der Waals surface area contributed by atoms with Gasteiger partial charge in [0.2, 0.25) is 0 Å². The lowest BCUT2D eigenvalue weighted by Crippen LogP contribution is -1.94. The molecule has 0 spiro atoms. The summed E-state index contributed by atoms with van der Waals surface area (Å²) < 4.78 is 12.2. The minimum atomic E-state index is -0.469. The first-order valence-electron chi connectivity index (χ1n) is 3.39. The minimum absolute atomic E-state index is 0.424. The van der Waals surface area contributed by atoms with Crippen LogP contribution >= 0.6 is 0 Å². The molecule has 11 heavy (non-hydrogen) atoms. The van der Waals surface area contributed by atoms with Crippen molar-refractivity contribution < 1.29 is 4.39 Å². The molecule has 0 aromatic rings. The third-order valence-electron chi connectivity index (χ3n) is 1.43. The molecule has 0 atom stereocenters. The maximum Gasteiger partial charge on any atom is 0.186 e. The number of hydrogen-bond donors (Lipinski definition) is 1. The maximum atomic E-state index is 12.2. The lowest BCUT2D eigenvalue weighted by molar-refractivity contribution is 0.794. The number of rotatable bonds is 2. The first-order valence-corrected chi connectivity index (χ1v) is 3.39. The van der Waals surface area contributed by atoms with Crippen molar-refractivity contribution >= 4 is 11.7 Å². The Hall–Kier alpha value is -0.990. The molecule has 0 aliphatic heterocycles. The molecule has 0 saturated carbocycles. The molecule has 0 aliphatic carbocycles. The Kier molecular flexibility index (Phi) is 3.65. The maximum absolute atomic E-state index is 12.2. The number of nitrogens with one attached hydrogen (secondary N) is 1. The van der Waals surface area contributed by atoms with Crippen molar-refractivity contribution in [3.63, 3.8) is 0 Å². The average molecular weight is 156 g/mol. The molecule has 0 unspecified atom stereocenters. The minimum Gasteiger partial charge on any atom is -0.305 e. The molecule has 3 heteroatoms. The van der Waals surface area contributed by atoms with Gasteiger partial charge in [-0.1, -0.05) is 0 Å². The molecule has 0 bridgehead atoms. The van der Waals surface area contributed by atoms with Gasteiger partial charge in [0.15, 0.2) is 5.97 Å². The summed E-state index contributed by atoms with van der Waals surface area (Å²) in [5, 5.41) is 7.23. The van der Waals surface area contributed by atoms with Crippen molar-refractivity contribution in [1.29, 1.82) is 5.41 Å². The highest BCUT2D eigenvalue weighted by molar-refractivity contribution is 5.96. The number of allylic oxidation sites excluding steroid dienone is 2. The van der Waals surface area contributed by atoms with Crippen molar-refractivity contribution in [1.82, 2.24) is 0 Å². The summed E-state index contributed by atoms with van der Waals surface area (Å²) in [4.78, 5) is 3.59. The second-order valence-electron chi connectivity index (χ2n) is 2.44. The number of hydrogen-bond acceptors (Lipinski definition) is 2. The van der Waals surface area contributed by atoms with Gasteiger partial charge in [-0.3, -0.25) is 0 Å². The van der Waals surface area contributed by atoms with Crippen LogP contribution in [-0.2, 0) is 0 Å². The van der Waals surface area contributed by atoms with Crippen molar-refractivity contribution in [2.75, 3.05) is 0 Å². The molecule has 2 nitrogen and oxygen atoms in total. The second kappa shape index (κ2) is 4.01. The molecule has 0 amide bonds. The lowest BCUT2D eigenvalue weighted by atomic mass is 10.2. The Labute approximate surface area is 66.4 Å². The molecule has 0 heterocycles. The van der Waals surface area contributed by atoms with E-state index >= 15 is 0 Å². The largest absolute Gasteiger partial charge is 0.305 e. The Bertz CT molecular complexity index is 222. The van der Waals surface area contributed by atoms with Gasteiger partial charge in [0.25, 0.3) is 0 Å². The van der Waals surface area contributed by atoms with Crippen LogP contribution in [0.4, 0.5) is 4.39 Å².